The molecule has 0 aromatic heterocycles. The smallest absolute Gasteiger partial charge is 0.222 e. The molecule has 20 heavy (non-hydrogen) atoms. The second-order valence-corrected chi connectivity index (χ2v) is 5.31. The number of likely N-dealkylation sites (tertiary alicyclic amines) is 1. The van der Waals surface area contributed by atoms with E-state index in [1.54, 1.807) is 0 Å². The van der Waals surface area contributed by atoms with Crippen LogP contribution in [0.3, 0.4) is 0 Å². The highest BCUT2D eigenvalue weighted by Crippen LogP contribution is 2.10. The number of nitrogens with zero attached hydrogens (tertiary/aromatic N) is 1. The quantitative estimate of drug-likeness (QED) is 0.745. The first-order chi connectivity index (χ1) is 9.15. The Labute approximate surface area is 126 Å². The molecule has 2 fully saturated rings. The lowest BCUT2D eigenvalue weighted by Crippen LogP contribution is -2.45. The van der Waals surface area contributed by atoms with Crippen LogP contribution in [-0.2, 0) is 14.3 Å². The summed E-state index contributed by atoms with van der Waals surface area (Å²) in [6.45, 7) is 5.60. The predicted molar refractivity (Wildman–Crippen MR) is 77.9 cm³/mol. The first-order valence-corrected chi connectivity index (χ1v) is 7.04. The highest BCUT2D eigenvalue weighted by atomic mass is 35.5. The molecule has 2 aliphatic rings. The fourth-order valence-electron chi connectivity index (χ4n) is 2.56. The van der Waals surface area contributed by atoms with Crippen LogP contribution in [0.4, 0.5) is 0 Å². The minimum Gasteiger partial charge on any atom is -0.375 e. The van der Waals surface area contributed by atoms with E-state index in [1.807, 2.05) is 11.8 Å². The van der Waals surface area contributed by atoms with E-state index in [9.17, 15) is 9.59 Å². The molecular weight excluding hydrogens is 282 g/mol. The van der Waals surface area contributed by atoms with Crippen LogP contribution in [0.2, 0.25) is 0 Å². The second kappa shape index (κ2) is 8.44. The van der Waals surface area contributed by atoms with Crippen molar-refractivity contribution in [2.24, 2.45) is 0 Å². The zero-order valence-corrected chi connectivity index (χ0v) is 12.7. The minimum absolute atomic E-state index is 0. The highest BCUT2D eigenvalue weighted by Gasteiger charge is 2.23. The van der Waals surface area contributed by atoms with Crippen molar-refractivity contribution in [2.45, 2.75) is 38.3 Å². The number of rotatable bonds is 5. The standard InChI is InChI=1S/C13H23N3O3.ClH/c1-10(9-16-5-2-3-13(16)18)15-12(17)7-11-8-14-4-6-19-11;/h10-11,14H,2-9H2,1H3,(H,15,17);1H. The van der Waals surface area contributed by atoms with E-state index in [0.29, 0.717) is 26.0 Å². The van der Waals surface area contributed by atoms with Gasteiger partial charge in [0.25, 0.3) is 0 Å². The Morgan fingerprint density at radius 1 is 1.60 bits per heavy atom. The third-order valence-electron chi connectivity index (χ3n) is 3.49. The summed E-state index contributed by atoms with van der Waals surface area (Å²) < 4.78 is 5.49. The summed E-state index contributed by atoms with van der Waals surface area (Å²) in [4.78, 5) is 25.2. The molecule has 0 aliphatic carbocycles. The Bertz CT molecular complexity index is 335. The minimum atomic E-state index is -0.0330. The van der Waals surface area contributed by atoms with Crippen molar-refractivity contribution in [1.29, 1.82) is 0 Å². The molecule has 0 aromatic rings. The number of ether oxygens (including phenoxy) is 1. The molecule has 2 heterocycles. The SMILES string of the molecule is CC(CN1CCCC1=O)NC(=O)CC1CNCCO1.Cl. The maximum atomic E-state index is 11.9. The van der Waals surface area contributed by atoms with Gasteiger partial charge >= 0.3 is 0 Å². The summed E-state index contributed by atoms with van der Waals surface area (Å²) in [5.74, 6) is 0.189. The molecule has 7 heteroatoms. The Morgan fingerprint density at radius 2 is 2.40 bits per heavy atom. The molecule has 2 saturated heterocycles. The van der Waals surface area contributed by atoms with Crippen molar-refractivity contribution in [2.75, 3.05) is 32.8 Å². The second-order valence-electron chi connectivity index (χ2n) is 5.31. The van der Waals surface area contributed by atoms with Crippen LogP contribution in [-0.4, -0.2) is 61.6 Å². The zero-order valence-electron chi connectivity index (χ0n) is 11.9. The maximum absolute atomic E-state index is 11.9. The van der Waals surface area contributed by atoms with Gasteiger partial charge in [-0.05, 0) is 13.3 Å². The van der Waals surface area contributed by atoms with Gasteiger partial charge in [-0.2, -0.15) is 0 Å². The van der Waals surface area contributed by atoms with Crippen molar-refractivity contribution < 1.29 is 14.3 Å². The molecule has 2 atom stereocenters. The lowest BCUT2D eigenvalue weighted by Gasteiger charge is -2.25. The first kappa shape index (κ1) is 17.2. The summed E-state index contributed by atoms with van der Waals surface area (Å²) in [5, 5.41) is 6.13. The molecule has 0 bridgehead atoms. The normalized spacial score (nSPS) is 24.1. The van der Waals surface area contributed by atoms with E-state index in [0.717, 1.165) is 26.1 Å². The summed E-state index contributed by atoms with van der Waals surface area (Å²) >= 11 is 0. The van der Waals surface area contributed by atoms with Crippen LogP contribution in [0.5, 0.6) is 0 Å². The third-order valence-corrected chi connectivity index (χ3v) is 3.49. The lowest BCUT2D eigenvalue weighted by molar-refractivity contribution is -0.129. The van der Waals surface area contributed by atoms with Gasteiger partial charge in [0.1, 0.15) is 0 Å². The Morgan fingerprint density at radius 3 is 3.00 bits per heavy atom. The number of carbonyl (C=O) groups is 2. The molecule has 2 amide bonds. The van der Waals surface area contributed by atoms with Gasteiger partial charge in [-0.15, -0.1) is 12.4 Å². The molecular formula is C13H24ClN3O3. The monoisotopic (exact) mass is 305 g/mol. The molecule has 6 nitrogen and oxygen atoms in total. The molecule has 0 saturated carbocycles. The molecule has 2 N–H and O–H groups in total. The number of morpholine rings is 1. The van der Waals surface area contributed by atoms with Gasteiger partial charge < -0.3 is 20.3 Å². The van der Waals surface area contributed by atoms with Crippen LogP contribution in [0, 0.1) is 0 Å². The van der Waals surface area contributed by atoms with Gasteiger partial charge in [-0.25, -0.2) is 0 Å². The summed E-state index contributed by atoms with van der Waals surface area (Å²) in [6, 6.07) is -0.00824. The van der Waals surface area contributed by atoms with Crippen molar-refractivity contribution in [3.05, 3.63) is 0 Å². The van der Waals surface area contributed by atoms with E-state index in [1.165, 1.54) is 0 Å². The van der Waals surface area contributed by atoms with Crippen molar-refractivity contribution in [3.8, 4) is 0 Å². The zero-order chi connectivity index (χ0) is 13.7. The molecule has 2 aliphatic heterocycles. The van der Waals surface area contributed by atoms with E-state index < -0.39 is 0 Å². The summed E-state index contributed by atoms with van der Waals surface area (Å²) in [6.07, 6.45) is 1.92. The summed E-state index contributed by atoms with van der Waals surface area (Å²) in [5.41, 5.74) is 0. The van der Waals surface area contributed by atoms with Crippen LogP contribution >= 0.6 is 12.4 Å². The number of carbonyl (C=O) groups excluding carboxylic acids is 2. The van der Waals surface area contributed by atoms with E-state index in [4.69, 9.17) is 4.74 Å². The Hall–Kier alpha value is -0.850. The predicted octanol–water partition coefficient (Wildman–Crippen LogP) is -0.0862. The molecule has 116 valence electrons. The third kappa shape index (κ3) is 5.26. The lowest BCUT2D eigenvalue weighted by atomic mass is 10.2. The van der Waals surface area contributed by atoms with Crippen LogP contribution in [0.15, 0.2) is 0 Å². The topological polar surface area (TPSA) is 70.7 Å². The number of amides is 2. The Kier molecular flexibility index (Phi) is 7.26. The number of hydrogen-bond donors (Lipinski definition) is 2. The average molecular weight is 306 g/mol. The van der Waals surface area contributed by atoms with Gasteiger partial charge in [0.05, 0.1) is 19.1 Å². The average Bonchev–Trinajstić information content (AvgIpc) is 2.76. The van der Waals surface area contributed by atoms with Gasteiger partial charge in [0, 0.05) is 38.6 Å². The summed E-state index contributed by atoms with van der Waals surface area (Å²) in [7, 11) is 0. The fourth-order valence-corrected chi connectivity index (χ4v) is 2.56. The van der Waals surface area contributed by atoms with Gasteiger partial charge in [-0.3, -0.25) is 9.59 Å². The van der Waals surface area contributed by atoms with Crippen LogP contribution in [0.1, 0.15) is 26.2 Å². The van der Waals surface area contributed by atoms with Crippen LogP contribution in [0.25, 0.3) is 0 Å². The molecule has 0 radical (unpaired) electrons. The van der Waals surface area contributed by atoms with Gasteiger partial charge in [0.2, 0.25) is 11.8 Å². The molecule has 0 aromatic carbocycles. The maximum Gasteiger partial charge on any atom is 0.222 e. The van der Waals surface area contributed by atoms with Crippen LogP contribution < -0.4 is 10.6 Å². The van der Waals surface area contributed by atoms with Crippen molar-refractivity contribution >= 4 is 24.2 Å². The van der Waals surface area contributed by atoms with E-state index in [-0.39, 0.29) is 36.4 Å². The van der Waals surface area contributed by atoms with E-state index in [2.05, 4.69) is 10.6 Å². The number of halogens is 1. The van der Waals surface area contributed by atoms with E-state index >= 15 is 0 Å². The fraction of sp³-hybridized carbons (Fsp3) is 0.846. The van der Waals surface area contributed by atoms with Crippen molar-refractivity contribution in [1.82, 2.24) is 15.5 Å². The van der Waals surface area contributed by atoms with Crippen molar-refractivity contribution in [3.63, 3.8) is 0 Å². The molecule has 2 unspecified atom stereocenters. The number of hydrogen-bond acceptors (Lipinski definition) is 4. The molecule has 0 spiro atoms. The Balaban J connectivity index is 0.00000200. The number of nitrogens with one attached hydrogen (secondary N) is 2. The van der Waals surface area contributed by atoms with Gasteiger partial charge in [0.15, 0.2) is 0 Å². The van der Waals surface area contributed by atoms with Gasteiger partial charge in [-0.1, -0.05) is 0 Å². The first-order valence-electron chi connectivity index (χ1n) is 7.04. The largest absolute Gasteiger partial charge is 0.375 e. The molecule has 2 rings (SSSR count). The highest BCUT2D eigenvalue weighted by molar-refractivity contribution is 5.85.